The first-order chi connectivity index (χ1) is 10.8. The SMILES string of the molecule is COc1ccccc1C=NOCCOc1ccc(C#N)cc1. The van der Waals surface area contributed by atoms with Crippen molar-refractivity contribution in [2.24, 2.45) is 5.16 Å². The highest BCUT2D eigenvalue weighted by atomic mass is 16.6. The van der Waals surface area contributed by atoms with Crippen molar-refractivity contribution >= 4 is 6.21 Å². The van der Waals surface area contributed by atoms with E-state index >= 15 is 0 Å². The summed E-state index contributed by atoms with van der Waals surface area (Å²) in [4.78, 5) is 5.14. The number of rotatable bonds is 7. The van der Waals surface area contributed by atoms with Crippen molar-refractivity contribution in [1.82, 2.24) is 0 Å². The van der Waals surface area contributed by atoms with Crippen molar-refractivity contribution in [1.29, 1.82) is 5.26 Å². The van der Waals surface area contributed by atoms with Crippen molar-refractivity contribution < 1.29 is 14.3 Å². The van der Waals surface area contributed by atoms with Crippen LogP contribution in [-0.2, 0) is 4.84 Å². The van der Waals surface area contributed by atoms with Crippen LogP contribution in [0.2, 0.25) is 0 Å². The van der Waals surface area contributed by atoms with Crippen molar-refractivity contribution in [3.63, 3.8) is 0 Å². The second-order valence-electron chi connectivity index (χ2n) is 4.29. The molecule has 0 aliphatic heterocycles. The summed E-state index contributed by atoms with van der Waals surface area (Å²) < 4.78 is 10.7. The number of nitriles is 1. The van der Waals surface area contributed by atoms with Gasteiger partial charge in [-0.15, -0.1) is 0 Å². The fourth-order valence-electron chi connectivity index (χ4n) is 1.74. The molecule has 0 saturated carbocycles. The highest BCUT2D eigenvalue weighted by molar-refractivity contribution is 5.82. The van der Waals surface area contributed by atoms with Crippen LogP contribution < -0.4 is 9.47 Å². The predicted octanol–water partition coefficient (Wildman–Crippen LogP) is 3.00. The summed E-state index contributed by atoms with van der Waals surface area (Å²) in [5, 5.41) is 12.6. The predicted molar refractivity (Wildman–Crippen MR) is 83.2 cm³/mol. The molecule has 112 valence electrons. The molecule has 2 rings (SSSR count). The Labute approximate surface area is 129 Å². The van der Waals surface area contributed by atoms with Crippen LogP contribution in [0.15, 0.2) is 53.7 Å². The first kappa shape index (κ1) is 15.4. The molecule has 0 bridgehead atoms. The maximum atomic E-state index is 8.70. The van der Waals surface area contributed by atoms with Crippen LogP contribution in [0.3, 0.4) is 0 Å². The molecule has 0 aliphatic rings. The van der Waals surface area contributed by atoms with Gasteiger partial charge in [-0.2, -0.15) is 5.26 Å². The molecule has 22 heavy (non-hydrogen) atoms. The topological polar surface area (TPSA) is 63.8 Å². The number of hydrogen-bond donors (Lipinski definition) is 0. The Morgan fingerprint density at radius 1 is 1.09 bits per heavy atom. The minimum atomic E-state index is 0.325. The molecule has 0 aliphatic carbocycles. The zero-order chi connectivity index (χ0) is 15.6. The molecule has 0 N–H and O–H groups in total. The fraction of sp³-hybridized carbons (Fsp3) is 0.176. The number of methoxy groups -OCH3 is 1. The molecule has 0 heterocycles. The van der Waals surface area contributed by atoms with E-state index in [0.29, 0.717) is 24.5 Å². The minimum Gasteiger partial charge on any atom is -0.496 e. The van der Waals surface area contributed by atoms with Gasteiger partial charge in [0, 0.05) is 5.56 Å². The molecule has 0 radical (unpaired) electrons. The molecule has 2 aromatic rings. The maximum absolute atomic E-state index is 8.70. The van der Waals surface area contributed by atoms with Crippen LogP contribution in [0.4, 0.5) is 0 Å². The summed E-state index contributed by atoms with van der Waals surface area (Å²) in [7, 11) is 1.61. The lowest BCUT2D eigenvalue weighted by Crippen LogP contribution is -2.04. The van der Waals surface area contributed by atoms with E-state index < -0.39 is 0 Å². The van der Waals surface area contributed by atoms with Gasteiger partial charge in [0.2, 0.25) is 0 Å². The van der Waals surface area contributed by atoms with Crippen LogP contribution in [0.25, 0.3) is 0 Å². The van der Waals surface area contributed by atoms with E-state index in [1.54, 1.807) is 37.6 Å². The highest BCUT2D eigenvalue weighted by Gasteiger charge is 1.98. The first-order valence-corrected chi connectivity index (χ1v) is 6.75. The Morgan fingerprint density at radius 3 is 2.59 bits per heavy atom. The Balaban J connectivity index is 1.72. The Bertz CT molecular complexity index is 660. The molecule has 0 amide bonds. The monoisotopic (exact) mass is 296 g/mol. The number of para-hydroxylation sites is 1. The molecule has 5 nitrogen and oxygen atoms in total. The summed E-state index contributed by atoms with van der Waals surface area (Å²) >= 11 is 0. The van der Waals surface area contributed by atoms with Gasteiger partial charge in [-0.3, -0.25) is 0 Å². The Hall–Kier alpha value is -3.00. The minimum absolute atomic E-state index is 0.325. The number of hydrogen-bond acceptors (Lipinski definition) is 5. The molecule has 5 heteroatoms. The van der Waals surface area contributed by atoms with E-state index in [-0.39, 0.29) is 0 Å². The third kappa shape index (κ3) is 4.53. The van der Waals surface area contributed by atoms with Crippen molar-refractivity contribution in [3.05, 3.63) is 59.7 Å². The lowest BCUT2D eigenvalue weighted by atomic mass is 10.2. The van der Waals surface area contributed by atoms with Crippen LogP contribution >= 0.6 is 0 Å². The molecule has 0 saturated heterocycles. The zero-order valence-electron chi connectivity index (χ0n) is 12.2. The summed E-state index contributed by atoms with van der Waals surface area (Å²) in [6.07, 6.45) is 1.60. The van der Waals surface area contributed by atoms with Gasteiger partial charge in [0.05, 0.1) is 25.0 Å². The lowest BCUT2D eigenvalue weighted by molar-refractivity contribution is 0.108. The third-order valence-corrected chi connectivity index (χ3v) is 2.83. The average Bonchev–Trinajstić information content (AvgIpc) is 2.58. The first-order valence-electron chi connectivity index (χ1n) is 6.75. The van der Waals surface area contributed by atoms with Crippen LogP contribution in [0.1, 0.15) is 11.1 Å². The fourth-order valence-corrected chi connectivity index (χ4v) is 1.74. The van der Waals surface area contributed by atoms with Gasteiger partial charge in [0.25, 0.3) is 0 Å². The normalized spacial score (nSPS) is 10.2. The molecular formula is C17H16N2O3. The largest absolute Gasteiger partial charge is 0.496 e. The summed E-state index contributed by atoms with van der Waals surface area (Å²) in [6.45, 7) is 0.695. The quantitative estimate of drug-likeness (QED) is 0.447. The van der Waals surface area contributed by atoms with Crippen LogP contribution in [0, 0.1) is 11.3 Å². The second-order valence-corrected chi connectivity index (χ2v) is 4.29. The smallest absolute Gasteiger partial charge is 0.151 e. The van der Waals surface area contributed by atoms with Crippen LogP contribution in [0.5, 0.6) is 11.5 Å². The van der Waals surface area contributed by atoms with Gasteiger partial charge >= 0.3 is 0 Å². The van der Waals surface area contributed by atoms with Gasteiger partial charge in [0.1, 0.15) is 18.1 Å². The third-order valence-electron chi connectivity index (χ3n) is 2.83. The average molecular weight is 296 g/mol. The van der Waals surface area contributed by atoms with Gasteiger partial charge in [0.15, 0.2) is 6.61 Å². The second kappa shape index (κ2) is 8.32. The van der Waals surface area contributed by atoms with Crippen LogP contribution in [-0.4, -0.2) is 26.5 Å². The number of nitrogens with zero attached hydrogens (tertiary/aromatic N) is 2. The van der Waals surface area contributed by atoms with Gasteiger partial charge < -0.3 is 14.3 Å². The molecule has 0 atom stereocenters. The van der Waals surface area contributed by atoms with Crippen molar-refractivity contribution in [2.75, 3.05) is 20.3 Å². The number of oxime groups is 1. The standard InChI is InChI=1S/C17H16N2O3/c1-20-17-5-3-2-4-15(17)13-19-22-11-10-21-16-8-6-14(12-18)7-9-16/h2-9,13H,10-11H2,1H3. The lowest BCUT2D eigenvalue weighted by Gasteiger charge is -2.05. The molecule has 0 unspecified atom stereocenters. The van der Waals surface area contributed by atoms with Gasteiger partial charge in [-0.1, -0.05) is 17.3 Å². The van der Waals surface area contributed by atoms with Crippen molar-refractivity contribution in [3.8, 4) is 17.6 Å². The van der Waals surface area contributed by atoms with Gasteiger partial charge in [-0.25, -0.2) is 0 Å². The van der Waals surface area contributed by atoms with E-state index in [2.05, 4.69) is 11.2 Å². The maximum Gasteiger partial charge on any atom is 0.151 e. The Kier molecular flexibility index (Phi) is 5.82. The van der Waals surface area contributed by atoms with E-state index in [1.165, 1.54) is 0 Å². The van der Waals surface area contributed by atoms with E-state index in [1.807, 2.05) is 24.3 Å². The zero-order valence-corrected chi connectivity index (χ0v) is 12.2. The summed E-state index contributed by atoms with van der Waals surface area (Å²) in [6, 6.07) is 16.5. The highest BCUT2D eigenvalue weighted by Crippen LogP contribution is 2.14. The molecule has 0 aromatic heterocycles. The van der Waals surface area contributed by atoms with E-state index in [9.17, 15) is 0 Å². The molecular weight excluding hydrogens is 280 g/mol. The van der Waals surface area contributed by atoms with Gasteiger partial charge in [-0.05, 0) is 36.4 Å². The molecule has 0 fully saturated rings. The summed E-state index contributed by atoms with van der Waals surface area (Å²) in [5.74, 6) is 1.43. The van der Waals surface area contributed by atoms with E-state index in [0.717, 1.165) is 11.3 Å². The number of ether oxygens (including phenoxy) is 2. The molecule has 0 spiro atoms. The summed E-state index contributed by atoms with van der Waals surface area (Å²) in [5.41, 5.74) is 1.45. The molecule has 2 aromatic carbocycles. The Morgan fingerprint density at radius 2 is 1.86 bits per heavy atom. The van der Waals surface area contributed by atoms with E-state index in [4.69, 9.17) is 19.6 Å². The number of benzene rings is 2. The van der Waals surface area contributed by atoms with Crippen molar-refractivity contribution in [2.45, 2.75) is 0 Å².